The molecule has 0 aliphatic carbocycles. The summed E-state index contributed by atoms with van der Waals surface area (Å²) in [6.45, 7) is 4.92. The molecule has 0 atom stereocenters. The zero-order valence-corrected chi connectivity index (χ0v) is 21.9. The van der Waals surface area contributed by atoms with E-state index in [0.717, 1.165) is 44.4 Å². The number of imidazole rings is 1. The number of carbonyl (C=O) groups excluding carboxylic acids is 1. The summed E-state index contributed by atoms with van der Waals surface area (Å²) in [5.74, 6) is 0.376. The number of hydrogen-bond acceptors (Lipinski definition) is 7. The van der Waals surface area contributed by atoms with Crippen LogP contribution in [-0.2, 0) is 31.2 Å². The Labute approximate surface area is 219 Å². The van der Waals surface area contributed by atoms with Crippen LogP contribution in [0.3, 0.4) is 0 Å². The molecule has 10 heteroatoms. The van der Waals surface area contributed by atoms with E-state index in [1.807, 2.05) is 62.2 Å². The standard InChI is InChI=1S/C27H29N7O2S/c1-18(2)23-11-22(37-32-23)12-24-26-29-14-25(20-13-30-33(3)15-20)34(26)16-21(31-24)9-10-28-27(35)36-17-19-7-5-4-6-8-19/h4-8,11,13-16,18H,9-10,12,17H2,1-3H3,(H,28,35). The molecule has 5 aromatic rings. The average molecular weight is 516 g/mol. The number of aryl methyl sites for hydroxylation is 1. The molecular weight excluding hydrogens is 486 g/mol. The summed E-state index contributed by atoms with van der Waals surface area (Å²) >= 11 is 1.51. The summed E-state index contributed by atoms with van der Waals surface area (Å²) in [4.78, 5) is 23.0. The predicted molar refractivity (Wildman–Crippen MR) is 143 cm³/mol. The summed E-state index contributed by atoms with van der Waals surface area (Å²) in [5, 5.41) is 7.14. The van der Waals surface area contributed by atoms with Crippen LogP contribution in [-0.4, -0.2) is 41.2 Å². The normalized spacial score (nSPS) is 11.4. The highest BCUT2D eigenvalue weighted by Gasteiger charge is 2.16. The minimum Gasteiger partial charge on any atom is -0.445 e. The number of aromatic nitrogens is 6. The Morgan fingerprint density at radius 1 is 1.16 bits per heavy atom. The van der Waals surface area contributed by atoms with Crippen LogP contribution in [0.4, 0.5) is 4.79 Å². The van der Waals surface area contributed by atoms with Gasteiger partial charge in [0.2, 0.25) is 0 Å². The summed E-state index contributed by atoms with van der Waals surface area (Å²) in [6.07, 6.45) is 8.36. The van der Waals surface area contributed by atoms with E-state index < -0.39 is 6.09 Å². The van der Waals surface area contributed by atoms with Gasteiger partial charge in [0.1, 0.15) is 6.61 Å². The largest absolute Gasteiger partial charge is 0.445 e. The molecule has 5 rings (SSSR count). The Bertz CT molecular complexity index is 1500. The minimum atomic E-state index is -0.449. The van der Waals surface area contributed by atoms with Crippen molar-refractivity contribution in [1.82, 2.24) is 33.8 Å². The minimum absolute atomic E-state index is 0.234. The Morgan fingerprint density at radius 3 is 2.73 bits per heavy atom. The highest BCUT2D eigenvalue weighted by molar-refractivity contribution is 7.05. The first-order valence-electron chi connectivity index (χ1n) is 12.2. The Kier molecular flexibility index (Phi) is 7.27. The maximum atomic E-state index is 12.2. The molecule has 0 unspecified atom stereocenters. The molecule has 0 spiro atoms. The summed E-state index contributed by atoms with van der Waals surface area (Å²) in [7, 11) is 1.89. The second-order valence-corrected chi connectivity index (χ2v) is 10.1. The fourth-order valence-corrected chi connectivity index (χ4v) is 4.89. The molecule has 4 heterocycles. The lowest BCUT2D eigenvalue weighted by molar-refractivity contribution is 0.140. The molecule has 1 amide bonds. The summed E-state index contributed by atoms with van der Waals surface area (Å²) in [6, 6.07) is 11.8. The van der Waals surface area contributed by atoms with Gasteiger partial charge in [-0.3, -0.25) is 14.1 Å². The van der Waals surface area contributed by atoms with Crippen LogP contribution < -0.4 is 5.32 Å². The van der Waals surface area contributed by atoms with Crippen molar-refractivity contribution < 1.29 is 9.53 Å². The van der Waals surface area contributed by atoms with Crippen molar-refractivity contribution >= 4 is 23.3 Å². The van der Waals surface area contributed by atoms with E-state index in [0.29, 0.717) is 25.3 Å². The van der Waals surface area contributed by atoms with Crippen molar-refractivity contribution in [3.05, 3.63) is 88.7 Å². The topological polar surface area (TPSA) is 99.2 Å². The van der Waals surface area contributed by atoms with Gasteiger partial charge in [-0.25, -0.2) is 9.78 Å². The van der Waals surface area contributed by atoms with Gasteiger partial charge in [-0.2, -0.15) is 9.47 Å². The number of ether oxygens (including phenoxy) is 1. The van der Waals surface area contributed by atoms with Crippen LogP contribution in [0.1, 0.15) is 47.3 Å². The number of benzene rings is 1. The number of nitrogens with zero attached hydrogens (tertiary/aromatic N) is 6. The predicted octanol–water partition coefficient (Wildman–Crippen LogP) is 4.77. The van der Waals surface area contributed by atoms with Crippen molar-refractivity contribution in [3.8, 4) is 11.3 Å². The van der Waals surface area contributed by atoms with Gasteiger partial charge in [-0.15, -0.1) is 0 Å². The zero-order chi connectivity index (χ0) is 25.8. The van der Waals surface area contributed by atoms with Gasteiger partial charge >= 0.3 is 6.09 Å². The highest BCUT2D eigenvalue weighted by Crippen LogP contribution is 2.25. The van der Waals surface area contributed by atoms with E-state index in [1.165, 1.54) is 11.5 Å². The molecule has 0 saturated carbocycles. The lowest BCUT2D eigenvalue weighted by atomic mass is 10.1. The highest BCUT2D eigenvalue weighted by atomic mass is 32.1. The number of amides is 1. The second kappa shape index (κ2) is 10.9. The molecule has 0 aliphatic rings. The molecule has 4 aromatic heterocycles. The van der Waals surface area contributed by atoms with Crippen LogP contribution in [0, 0.1) is 0 Å². The van der Waals surface area contributed by atoms with Crippen LogP contribution >= 0.6 is 11.5 Å². The van der Waals surface area contributed by atoms with E-state index in [2.05, 4.69) is 39.1 Å². The molecular formula is C27H29N7O2S. The quantitative estimate of drug-likeness (QED) is 0.304. The molecule has 1 aromatic carbocycles. The molecule has 37 heavy (non-hydrogen) atoms. The number of alkyl carbamates (subject to hydrolysis) is 1. The molecule has 0 bridgehead atoms. The van der Waals surface area contributed by atoms with Crippen molar-refractivity contribution in [2.75, 3.05) is 6.54 Å². The van der Waals surface area contributed by atoms with E-state index in [1.54, 1.807) is 4.68 Å². The number of carbonyl (C=O) groups is 1. The first kappa shape index (κ1) is 24.6. The lowest BCUT2D eigenvalue weighted by Gasteiger charge is -2.10. The van der Waals surface area contributed by atoms with Crippen LogP contribution in [0.2, 0.25) is 0 Å². The number of rotatable bonds is 9. The first-order chi connectivity index (χ1) is 18.0. The zero-order valence-electron chi connectivity index (χ0n) is 21.1. The monoisotopic (exact) mass is 515 g/mol. The average Bonchev–Trinajstić information content (AvgIpc) is 3.63. The molecule has 0 saturated heterocycles. The number of fused-ring (bicyclic) bond motifs is 1. The summed E-state index contributed by atoms with van der Waals surface area (Å²) < 4.78 is 13.8. The van der Waals surface area contributed by atoms with Crippen LogP contribution in [0.25, 0.3) is 16.9 Å². The fraction of sp³-hybridized carbons (Fsp3) is 0.296. The maximum absolute atomic E-state index is 12.2. The van der Waals surface area contributed by atoms with Gasteiger partial charge in [0, 0.05) is 49.3 Å². The molecule has 9 nitrogen and oxygen atoms in total. The Morgan fingerprint density at radius 2 is 2.00 bits per heavy atom. The lowest BCUT2D eigenvalue weighted by Crippen LogP contribution is -2.26. The van der Waals surface area contributed by atoms with Gasteiger partial charge in [-0.05, 0) is 29.1 Å². The van der Waals surface area contributed by atoms with Crippen molar-refractivity contribution in [1.29, 1.82) is 0 Å². The third-order valence-electron chi connectivity index (χ3n) is 5.99. The van der Waals surface area contributed by atoms with Gasteiger partial charge in [0.05, 0.1) is 35.2 Å². The molecule has 0 aliphatic heterocycles. The third kappa shape index (κ3) is 5.86. The van der Waals surface area contributed by atoms with Gasteiger partial charge in [0.25, 0.3) is 0 Å². The molecule has 0 fully saturated rings. The van der Waals surface area contributed by atoms with Gasteiger partial charge in [0.15, 0.2) is 5.65 Å². The smallest absolute Gasteiger partial charge is 0.407 e. The maximum Gasteiger partial charge on any atom is 0.407 e. The number of nitrogens with one attached hydrogen (secondary N) is 1. The van der Waals surface area contributed by atoms with E-state index >= 15 is 0 Å². The first-order valence-corrected chi connectivity index (χ1v) is 13.0. The van der Waals surface area contributed by atoms with Crippen LogP contribution in [0.5, 0.6) is 0 Å². The van der Waals surface area contributed by atoms with E-state index in [4.69, 9.17) is 14.7 Å². The van der Waals surface area contributed by atoms with Crippen molar-refractivity contribution in [3.63, 3.8) is 0 Å². The second-order valence-electron chi connectivity index (χ2n) is 9.21. The van der Waals surface area contributed by atoms with E-state index in [9.17, 15) is 4.79 Å². The SMILES string of the molecule is CC(C)c1cc(Cc2nc(CCNC(=O)OCc3ccccc3)cn3c(-c4cnn(C)c4)cnc23)sn1. The third-order valence-corrected chi connectivity index (χ3v) is 6.78. The van der Waals surface area contributed by atoms with Crippen molar-refractivity contribution in [2.45, 2.75) is 39.2 Å². The molecule has 1 N–H and O–H groups in total. The fourth-order valence-electron chi connectivity index (χ4n) is 4.03. The van der Waals surface area contributed by atoms with Gasteiger partial charge < -0.3 is 10.1 Å². The molecule has 0 radical (unpaired) electrons. The van der Waals surface area contributed by atoms with Crippen molar-refractivity contribution in [2.24, 2.45) is 7.05 Å². The Hall–Kier alpha value is -4.05. The summed E-state index contributed by atoms with van der Waals surface area (Å²) in [5.41, 5.74) is 6.47. The van der Waals surface area contributed by atoms with Crippen LogP contribution in [0.15, 0.2) is 61.2 Å². The number of hydrogen-bond donors (Lipinski definition) is 1. The Balaban J connectivity index is 1.35. The van der Waals surface area contributed by atoms with E-state index in [-0.39, 0.29) is 6.61 Å². The van der Waals surface area contributed by atoms with Gasteiger partial charge in [-0.1, -0.05) is 44.2 Å². The molecule has 190 valence electrons.